The third-order valence-electron chi connectivity index (χ3n) is 8.81. The van der Waals surface area contributed by atoms with Crippen LogP contribution in [0.4, 0.5) is 0 Å². The number of allylic oxidation sites excluding steroid dienone is 2. The van der Waals surface area contributed by atoms with Crippen LogP contribution in [0.15, 0.2) is 48.0 Å². The van der Waals surface area contributed by atoms with Crippen LogP contribution >= 0.6 is 0 Å². The number of unbranched alkanes of at least 4 members (excludes halogenated alkanes) is 9. The molecule has 1 aliphatic heterocycles. The first-order chi connectivity index (χ1) is 20.5. The minimum Gasteiger partial charge on any atom is -1.00 e. The Labute approximate surface area is 278 Å². The molecule has 3 rings (SSSR count). The maximum Gasteiger partial charge on any atom is 0.210 e. The van der Waals surface area contributed by atoms with E-state index in [0.717, 1.165) is 43.5 Å². The van der Waals surface area contributed by atoms with Crippen molar-refractivity contribution in [2.45, 2.75) is 157 Å². The van der Waals surface area contributed by atoms with Gasteiger partial charge in [-0.05, 0) is 111 Å². The monoisotopic (exact) mass is 628 g/mol. The minimum atomic E-state index is 0. The van der Waals surface area contributed by atoms with E-state index in [-0.39, 0.29) is 19.3 Å². The van der Waals surface area contributed by atoms with Gasteiger partial charge in [-0.3, -0.25) is 0 Å². The van der Waals surface area contributed by atoms with Gasteiger partial charge < -0.3 is 8.38 Å². The normalized spacial score (nSPS) is 13.0. The van der Waals surface area contributed by atoms with E-state index in [9.17, 15) is 5.53 Å². The first kappa shape index (κ1) is 37.2. The molecule has 0 atom stereocenters. The molecule has 1 heterocycles. The molecule has 0 saturated carbocycles. The van der Waals surface area contributed by atoms with E-state index in [1.165, 1.54) is 129 Å². The van der Waals surface area contributed by atoms with E-state index < -0.39 is 0 Å². The molecule has 2 nitrogen and oxygen atoms in total. The summed E-state index contributed by atoms with van der Waals surface area (Å²) in [5.74, 6) is 0. The molecule has 0 bridgehead atoms. The largest absolute Gasteiger partial charge is 1.00 e. The van der Waals surface area contributed by atoms with E-state index in [4.69, 9.17) is 0 Å². The summed E-state index contributed by atoms with van der Waals surface area (Å²) in [6.07, 6.45) is 25.1. The van der Waals surface area contributed by atoms with Crippen molar-refractivity contribution < 1.29 is 24.0 Å². The standard InChI is InChI=1S/C40H60N2.Ni.2H/c1-6-11-16-17-18-19-24-36-31-39(37-27-32(20-12-7-2)25-33(28-37)21-13-8-3)42(41)40(36)38-29-34(22-14-9-4)26-35(30-38)23-15-10-5;;;/h25-31H,6-24H2,1-5H3;;;/q;;2*-1. The molecule has 0 fully saturated rings. The molecule has 2 aromatic rings. The second kappa shape index (κ2) is 20.9. The van der Waals surface area contributed by atoms with Crippen LogP contribution in [-0.4, -0.2) is 4.70 Å². The Kier molecular flexibility index (Phi) is 18.1. The van der Waals surface area contributed by atoms with Crippen molar-refractivity contribution in [3.05, 3.63) is 87.0 Å². The summed E-state index contributed by atoms with van der Waals surface area (Å²) in [7, 11) is 0. The molecule has 3 heteroatoms. The Balaban J connectivity index is 0.00000645. The molecule has 0 saturated heterocycles. The summed E-state index contributed by atoms with van der Waals surface area (Å²) in [6.45, 7) is 11.4. The number of hydrogen-bond acceptors (Lipinski definition) is 0. The van der Waals surface area contributed by atoms with Gasteiger partial charge in [0.15, 0.2) is 0 Å². The number of hydrogen-bond donors (Lipinski definition) is 0. The van der Waals surface area contributed by atoms with Crippen molar-refractivity contribution in [3.63, 3.8) is 0 Å². The maximum atomic E-state index is 12.0. The molecule has 0 spiro atoms. The van der Waals surface area contributed by atoms with Crippen molar-refractivity contribution in [1.29, 1.82) is 0 Å². The van der Waals surface area contributed by atoms with Crippen LogP contribution in [-0.2, 0) is 42.2 Å². The topological polar surface area (TPSA) is 25.3 Å². The predicted molar refractivity (Wildman–Crippen MR) is 186 cm³/mol. The van der Waals surface area contributed by atoms with Gasteiger partial charge >= 0.3 is 0 Å². The SMILES string of the molecule is CCCCCCCCC1=C(c2cc(CCCC)cc(CCCC)c2)[N+](=[N-])C(c2cc(CCCC)cc(CCCC)c2)=C1.[H-].[H-].[Ni]. The first-order valence-corrected chi connectivity index (χ1v) is 17.7. The first-order valence-electron chi connectivity index (χ1n) is 17.7. The fraction of sp³-hybridized carbons (Fsp3) is 0.600. The van der Waals surface area contributed by atoms with Crippen LogP contribution in [0.1, 0.15) is 167 Å². The molecule has 0 N–H and O–H groups in total. The molecule has 0 amide bonds. The number of rotatable bonds is 21. The summed E-state index contributed by atoms with van der Waals surface area (Å²) in [5, 5.41) is 0. The van der Waals surface area contributed by atoms with Crippen LogP contribution in [0.3, 0.4) is 0 Å². The van der Waals surface area contributed by atoms with Crippen LogP contribution < -0.4 is 0 Å². The predicted octanol–water partition coefficient (Wildman–Crippen LogP) is 12.8. The fourth-order valence-corrected chi connectivity index (χ4v) is 6.26. The van der Waals surface area contributed by atoms with Crippen molar-refractivity contribution in [3.8, 4) is 0 Å². The molecule has 2 aromatic carbocycles. The summed E-state index contributed by atoms with van der Waals surface area (Å²) in [5.41, 5.74) is 23.2. The molecule has 0 unspecified atom stereocenters. The Morgan fingerprint density at radius 1 is 0.488 bits per heavy atom. The van der Waals surface area contributed by atoms with Gasteiger partial charge in [0.1, 0.15) is 0 Å². The van der Waals surface area contributed by atoms with E-state index in [0.29, 0.717) is 0 Å². The average Bonchev–Trinajstić information content (AvgIpc) is 3.34. The molecular formula is C40H62N2Ni-2. The Hall–Kier alpha value is -1.99. The molecule has 43 heavy (non-hydrogen) atoms. The van der Waals surface area contributed by atoms with E-state index in [1.807, 2.05) is 0 Å². The number of nitrogens with zero attached hydrogens (tertiary/aromatic N) is 2. The Bertz CT molecular complexity index is 1150. The molecular weight excluding hydrogens is 567 g/mol. The van der Waals surface area contributed by atoms with Gasteiger partial charge in [0.2, 0.25) is 11.4 Å². The van der Waals surface area contributed by atoms with Crippen LogP contribution in [0.2, 0.25) is 0 Å². The minimum absolute atomic E-state index is 0. The molecule has 0 aliphatic carbocycles. The van der Waals surface area contributed by atoms with Crippen molar-refractivity contribution >= 4 is 11.4 Å². The van der Waals surface area contributed by atoms with Gasteiger partial charge in [0.25, 0.3) is 0 Å². The van der Waals surface area contributed by atoms with E-state index >= 15 is 0 Å². The van der Waals surface area contributed by atoms with E-state index in [2.05, 4.69) is 77.1 Å². The van der Waals surface area contributed by atoms with Gasteiger partial charge in [-0.15, -0.1) is 0 Å². The van der Waals surface area contributed by atoms with Gasteiger partial charge in [0, 0.05) is 39.3 Å². The number of aryl methyl sites for hydroxylation is 4. The zero-order valence-electron chi connectivity index (χ0n) is 30.2. The Morgan fingerprint density at radius 2 is 0.884 bits per heavy atom. The molecule has 1 aliphatic rings. The van der Waals surface area contributed by atoms with Crippen LogP contribution in [0, 0.1) is 0 Å². The summed E-state index contributed by atoms with van der Waals surface area (Å²) in [6, 6.07) is 14.3. The molecule has 0 aromatic heterocycles. The van der Waals surface area contributed by atoms with Crippen molar-refractivity contribution in [2.75, 3.05) is 0 Å². The van der Waals surface area contributed by atoms with Gasteiger partial charge in [-0.1, -0.05) is 105 Å². The second-order valence-corrected chi connectivity index (χ2v) is 12.7. The zero-order chi connectivity index (χ0) is 30.2. The van der Waals surface area contributed by atoms with Gasteiger partial charge in [-0.2, -0.15) is 0 Å². The second-order valence-electron chi connectivity index (χ2n) is 12.7. The summed E-state index contributed by atoms with van der Waals surface area (Å²) >= 11 is 0. The van der Waals surface area contributed by atoms with Crippen LogP contribution in [0.5, 0.6) is 0 Å². The number of benzene rings is 2. The quantitative estimate of drug-likeness (QED) is 0.0746. The Morgan fingerprint density at radius 3 is 1.33 bits per heavy atom. The third-order valence-corrected chi connectivity index (χ3v) is 8.81. The average molecular weight is 630 g/mol. The fourth-order valence-electron chi connectivity index (χ4n) is 6.26. The van der Waals surface area contributed by atoms with E-state index in [1.54, 1.807) is 4.70 Å². The molecule has 0 radical (unpaired) electrons. The van der Waals surface area contributed by atoms with Gasteiger partial charge in [0.05, 0.1) is 0 Å². The maximum absolute atomic E-state index is 12.0. The summed E-state index contributed by atoms with van der Waals surface area (Å²) < 4.78 is 1.55. The molecule has 244 valence electrons. The smallest absolute Gasteiger partial charge is 0.210 e. The summed E-state index contributed by atoms with van der Waals surface area (Å²) in [4.78, 5) is 0. The van der Waals surface area contributed by atoms with Crippen molar-refractivity contribution in [1.82, 2.24) is 0 Å². The zero-order valence-corrected chi connectivity index (χ0v) is 29.2. The van der Waals surface area contributed by atoms with Crippen molar-refractivity contribution in [2.24, 2.45) is 0 Å². The van der Waals surface area contributed by atoms with Crippen LogP contribution in [0.25, 0.3) is 16.9 Å². The van der Waals surface area contributed by atoms with Gasteiger partial charge in [-0.25, -0.2) is 4.70 Å². The third kappa shape index (κ3) is 11.8.